The molecule has 0 bridgehead atoms. The molecular formula is C11H18N2O3. The molecule has 0 fully saturated rings. The van der Waals surface area contributed by atoms with Crippen LogP contribution in [0.1, 0.15) is 25.8 Å². The normalized spacial score (nSPS) is 10.7. The van der Waals surface area contributed by atoms with Crippen LogP contribution in [0.5, 0.6) is 0 Å². The Bertz CT molecular complexity index is 459. The van der Waals surface area contributed by atoms with Gasteiger partial charge in [0.05, 0.1) is 0 Å². The summed E-state index contributed by atoms with van der Waals surface area (Å²) in [6.45, 7) is 4.53. The predicted octanol–water partition coefficient (Wildman–Crippen LogP) is -0.0253. The first-order valence-electron chi connectivity index (χ1n) is 5.59. The van der Waals surface area contributed by atoms with Gasteiger partial charge in [-0.1, -0.05) is 6.92 Å². The molecule has 5 heteroatoms. The van der Waals surface area contributed by atoms with E-state index in [1.807, 2.05) is 6.92 Å². The molecule has 1 heterocycles. The van der Waals surface area contributed by atoms with E-state index in [0.717, 1.165) is 0 Å². The van der Waals surface area contributed by atoms with Crippen molar-refractivity contribution in [1.29, 1.82) is 0 Å². The van der Waals surface area contributed by atoms with Gasteiger partial charge in [0.15, 0.2) is 0 Å². The average Bonchev–Trinajstić information content (AvgIpc) is 2.29. The highest BCUT2D eigenvalue weighted by atomic mass is 16.3. The van der Waals surface area contributed by atoms with E-state index in [2.05, 4.69) is 0 Å². The standard InChI is InChI=1S/C11H18N2O3/c1-3-9-8-12(6-5-7-14)11(16)13(4-2)10(9)15/h8,14H,3-7H2,1-2H3. The average molecular weight is 226 g/mol. The van der Waals surface area contributed by atoms with E-state index in [9.17, 15) is 9.59 Å². The lowest BCUT2D eigenvalue weighted by Gasteiger charge is -2.10. The van der Waals surface area contributed by atoms with Crippen molar-refractivity contribution in [2.45, 2.75) is 39.8 Å². The number of rotatable bonds is 5. The molecule has 90 valence electrons. The maximum Gasteiger partial charge on any atom is 0.330 e. The minimum Gasteiger partial charge on any atom is -0.396 e. The Morgan fingerprint density at radius 3 is 2.50 bits per heavy atom. The number of aromatic nitrogens is 2. The third-order valence-corrected chi connectivity index (χ3v) is 2.56. The van der Waals surface area contributed by atoms with Crippen molar-refractivity contribution in [3.05, 3.63) is 32.6 Å². The third-order valence-electron chi connectivity index (χ3n) is 2.56. The van der Waals surface area contributed by atoms with Gasteiger partial charge in [-0.25, -0.2) is 4.79 Å². The molecular weight excluding hydrogens is 208 g/mol. The van der Waals surface area contributed by atoms with Crippen molar-refractivity contribution in [2.24, 2.45) is 0 Å². The predicted molar refractivity (Wildman–Crippen MR) is 61.7 cm³/mol. The van der Waals surface area contributed by atoms with E-state index in [1.54, 1.807) is 13.1 Å². The second kappa shape index (κ2) is 5.65. The van der Waals surface area contributed by atoms with E-state index in [4.69, 9.17) is 5.11 Å². The fraction of sp³-hybridized carbons (Fsp3) is 0.636. The van der Waals surface area contributed by atoms with Crippen LogP contribution in [0.2, 0.25) is 0 Å². The van der Waals surface area contributed by atoms with Gasteiger partial charge in [-0.2, -0.15) is 0 Å². The first-order chi connectivity index (χ1) is 7.65. The molecule has 5 nitrogen and oxygen atoms in total. The third kappa shape index (κ3) is 2.41. The van der Waals surface area contributed by atoms with Crippen molar-refractivity contribution in [3.63, 3.8) is 0 Å². The van der Waals surface area contributed by atoms with E-state index < -0.39 is 0 Å². The number of hydrogen-bond acceptors (Lipinski definition) is 3. The van der Waals surface area contributed by atoms with Crippen molar-refractivity contribution in [3.8, 4) is 0 Å². The van der Waals surface area contributed by atoms with Crippen LogP contribution < -0.4 is 11.2 Å². The number of aliphatic hydroxyl groups excluding tert-OH is 1. The topological polar surface area (TPSA) is 64.2 Å². The van der Waals surface area contributed by atoms with E-state index in [-0.39, 0.29) is 17.9 Å². The Balaban J connectivity index is 3.29. The van der Waals surface area contributed by atoms with Crippen LogP contribution in [0.15, 0.2) is 15.8 Å². The van der Waals surface area contributed by atoms with Gasteiger partial charge in [-0.15, -0.1) is 0 Å². The lowest BCUT2D eigenvalue weighted by molar-refractivity contribution is 0.278. The molecule has 1 aromatic heterocycles. The first kappa shape index (κ1) is 12.7. The summed E-state index contributed by atoms with van der Waals surface area (Å²) in [6.07, 6.45) is 2.73. The molecule has 0 aliphatic carbocycles. The Kier molecular flexibility index (Phi) is 4.49. The highest BCUT2D eigenvalue weighted by Crippen LogP contribution is 1.92. The van der Waals surface area contributed by atoms with Crippen molar-refractivity contribution < 1.29 is 5.11 Å². The Labute approximate surface area is 94.0 Å². The zero-order chi connectivity index (χ0) is 12.1. The second-order valence-electron chi connectivity index (χ2n) is 3.61. The molecule has 0 unspecified atom stereocenters. The molecule has 0 amide bonds. The molecule has 0 atom stereocenters. The lowest BCUT2D eigenvalue weighted by atomic mass is 10.2. The SMILES string of the molecule is CCc1cn(CCCO)c(=O)n(CC)c1=O. The molecule has 0 radical (unpaired) electrons. The summed E-state index contributed by atoms with van der Waals surface area (Å²) < 4.78 is 2.73. The van der Waals surface area contributed by atoms with E-state index in [0.29, 0.717) is 31.5 Å². The van der Waals surface area contributed by atoms with Gasteiger partial charge in [0.1, 0.15) is 0 Å². The van der Waals surface area contributed by atoms with E-state index >= 15 is 0 Å². The first-order valence-corrected chi connectivity index (χ1v) is 5.59. The highest BCUT2D eigenvalue weighted by molar-refractivity contribution is 5.05. The summed E-state index contributed by atoms with van der Waals surface area (Å²) in [4.78, 5) is 23.6. The van der Waals surface area contributed by atoms with Gasteiger partial charge in [-0.05, 0) is 19.8 Å². The summed E-state index contributed by atoms with van der Waals surface area (Å²) in [7, 11) is 0. The van der Waals surface area contributed by atoms with Crippen molar-refractivity contribution >= 4 is 0 Å². The number of hydrogen-bond donors (Lipinski definition) is 1. The van der Waals surface area contributed by atoms with Crippen molar-refractivity contribution in [1.82, 2.24) is 9.13 Å². The van der Waals surface area contributed by atoms with Crippen LogP contribution in [0.3, 0.4) is 0 Å². The minimum atomic E-state index is -0.293. The largest absolute Gasteiger partial charge is 0.396 e. The molecule has 0 spiro atoms. The zero-order valence-corrected chi connectivity index (χ0v) is 9.77. The molecule has 0 aromatic carbocycles. The number of nitrogens with zero attached hydrogens (tertiary/aromatic N) is 2. The molecule has 1 N–H and O–H groups in total. The molecule has 1 aromatic rings. The van der Waals surface area contributed by atoms with Gasteiger partial charge in [0.2, 0.25) is 0 Å². The molecule has 0 aliphatic rings. The van der Waals surface area contributed by atoms with Gasteiger partial charge >= 0.3 is 5.69 Å². The molecule has 0 aliphatic heterocycles. The molecule has 16 heavy (non-hydrogen) atoms. The fourth-order valence-electron chi connectivity index (χ4n) is 1.64. The quantitative estimate of drug-likeness (QED) is 0.767. The second-order valence-corrected chi connectivity index (χ2v) is 3.61. The Morgan fingerprint density at radius 2 is 2.00 bits per heavy atom. The molecule has 0 saturated heterocycles. The van der Waals surface area contributed by atoms with Gasteiger partial charge < -0.3 is 9.67 Å². The number of aryl methyl sites for hydroxylation is 2. The van der Waals surface area contributed by atoms with Crippen LogP contribution in [-0.2, 0) is 19.5 Å². The van der Waals surface area contributed by atoms with E-state index in [1.165, 1.54) is 9.13 Å². The van der Waals surface area contributed by atoms with Crippen LogP contribution >= 0.6 is 0 Å². The summed E-state index contributed by atoms with van der Waals surface area (Å²) in [6, 6.07) is 0. The van der Waals surface area contributed by atoms with Crippen LogP contribution in [0.4, 0.5) is 0 Å². The van der Waals surface area contributed by atoms with Gasteiger partial charge in [-0.3, -0.25) is 9.36 Å². The summed E-state index contributed by atoms with van der Waals surface area (Å²) in [5, 5.41) is 8.74. The fourth-order valence-corrected chi connectivity index (χ4v) is 1.64. The Morgan fingerprint density at radius 1 is 1.31 bits per heavy atom. The molecule has 1 rings (SSSR count). The molecule has 0 saturated carbocycles. The van der Waals surface area contributed by atoms with Crippen LogP contribution in [0.25, 0.3) is 0 Å². The monoisotopic (exact) mass is 226 g/mol. The van der Waals surface area contributed by atoms with Crippen molar-refractivity contribution in [2.75, 3.05) is 6.61 Å². The smallest absolute Gasteiger partial charge is 0.330 e. The maximum atomic E-state index is 11.8. The lowest BCUT2D eigenvalue weighted by Crippen LogP contribution is -2.40. The Hall–Kier alpha value is -1.36. The maximum absolute atomic E-state index is 11.8. The van der Waals surface area contributed by atoms with Crippen LogP contribution in [-0.4, -0.2) is 20.8 Å². The highest BCUT2D eigenvalue weighted by Gasteiger charge is 2.08. The summed E-state index contributed by atoms with van der Waals surface area (Å²) in [5.41, 5.74) is 0.146. The summed E-state index contributed by atoms with van der Waals surface area (Å²) in [5.74, 6) is 0. The summed E-state index contributed by atoms with van der Waals surface area (Å²) >= 11 is 0. The van der Waals surface area contributed by atoms with Gasteiger partial charge in [0.25, 0.3) is 5.56 Å². The van der Waals surface area contributed by atoms with Crippen LogP contribution in [0, 0.1) is 0 Å². The number of aliphatic hydroxyl groups is 1. The minimum absolute atomic E-state index is 0.0408. The van der Waals surface area contributed by atoms with Gasteiger partial charge in [0, 0.05) is 31.5 Å². The zero-order valence-electron chi connectivity index (χ0n) is 9.77.